The van der Waals surface area contributed by atoms with Gasteiger partial charge < -0.3 is 95.3 Å². The molecule has 6 nitrogen and oxygen atoms in total. The topological polar surface area (TPSA) is 18.5 Å². The molecule has 338 valence electrons. The Hall–Kier alpha value is -1.38. The van der Waals surface area contributed by atoms with Crippen molar-refractivity contribution in [3.05, 3.63) is 81.5 Å². The monoisotopic (exact) mass is 1110 g/mol. The van der Waals surface area contributed by atoms with E-state index in [4.69, 9.17) is 9.47 Å². The van der Waals surface area contributed by atoms with Crippen LogP contribution < -0.4 is 77.4 Å². The summed E-state index contributed by atoms with van der Waals surface area (Å²) in [5, 5.41) is 0. The fraction of sp³-hybridized carbons (Fsp3) is 0.600. The van der Waals surface area contributed by atoms with Crippen molar-refractivity contribution in [2.24, 2.45) is 0 Å². The minimum absolute atomic E-state index is 0. The average molecular weight is 1110 g/mol. The number of benzene rings is 2. The number of piperazine rings is 6. The van der Waals surface area contributed by atoms with Gasteiger partial charge in [0.1, 0.15) is 90.0 Å². The maximum Gasteiger partial charge on any atom is 0.129 e. The lowest BCUT2D eigenvalue weighted by atomic mass is 10.0. The molecule has 0 radical (unpaired) electrons. The molecule has 61 heavy (non-hydrogen) atoms. The van der Waals surface area contributed by atoms with Crippen LogP contribution in [0, 0.1) is 23.7 Å². The average Bonchev–Trinajstić information content (AvgIpc) is 3.73. The molecule has 3 aromatic rings. The number of hydrogen-bond donors (Lipinski definition) is 0. The minimum atomic E-state index is 0. The highest BCUT2D eigenvalue weighted by atomic mass is 79.9. The Morgan fingerprint density at radius 1 is 0.393 bits per heavy atom. The summed E-state index contributed by atoms with van der Waals surface area (Å²) in [6.45, 7) is 28.1. The Labute approximate surface area is 416 Å². The fourth-order valence-electron chi connectivity index (χ4n) is 10.2. The second-order valence-corrected chi connectivity index (χ2v) is 19.3. The molecule has 0 saturated carbocycles. The largest absolute Gasteiger partial charge is 1.00 e. The van der Waals surface area contributed by atoms with Crippen molar-refractivity contribution in [1.82, 2.24) is 0 Å². The highest BCUT2D eigenvalue weighted by Crippen LogP contribution is 2.29. The van der Waals surface area contributed by atoms with Crippen LogP contribution in [0.3, 0.4) is 0 Å². The zero-order chi connectivity index (χ0) is 39.3. The van der Waals surface area contributed by atoms with Crippen LogP contribution in [0.4, 0.5) is 0 Å². The van der Waals surface area contributed by atoms with Crippen molar-refractivity contribution in [1.29, 1.82) is 0 Å². The minimum Gasteiger partial charge on any atom is -1.00 e. The van der Waals surface area contributed by atoms with Crippen molar-refractivity contribution in [2.45, 2.75) is 78.1 Å². The van der Waals surface area contributed by atoms with Gasteiger partial charge in [-0.2, -0.15) is 0 Å². The van der Waals surface area contributed by atoms with Gasteiger partial charge in [0.05, 0.1) is 49.1 Å². The number of hydrogen-bond acceptors (Lipinski definition) is 3. The smallest absolute Gasteiger partial charge is 0.129 e. The molecule has 0 N–H and O–H groups in total. The molecule has 6 fully saturated rings. The molecule has 6 saturated heterocycles. The third-order valence-corrected chi connectivity index (χ3v) is 15.2. The Morgan fingerprint density at radius 3 is 1.02 bits per heavy atom. The van der Waals surface area contributed by atoms with Crippen LogP contribution in [-0.2, 0) is 0 Å². The van der Waals surface area contributed by atoms with E-state index in [1.165, 1.54) is 174 Å². The molecular formula is C50H72Br4N4O2S. The Morgan fingerprint density at radius 2 is 0.705 bits per heavy atom. The highest BCUT2D eigenvalue weighted by molar-refractivity contribution is 7.13. The van der Waals surface area contributed by atoms with Crippen molar-refractivity contribution in [3.8, 4) is 35.2 Å². The van der Waals surface area contributed by atoms with Crippen LogP contribution in [0.1, 0.15) is 98.9 Å². The summed E-state index contributed by atoms with van der Waals surface area (Å²) in [4.78, 5) is 2.05. The first-order valence-corrected chi connectivity index (χ1v) is 23.7. The molecule has 0 spiro atoms. The molecule has 9 rings (SSSR count). The molecule has 2 aromatic carbocycles. The third-order valence-electron chi connectivity index (χ3n) is 14.3. The zero-order valence-corrected chi connectivity index (χ0v) is 44.3. The number of nitrogens with zero attached hydrogens (tertiary/aromatic N) is 4. The summed E-state index contributed by atoms with van der Waals surface area (Å²) in [5.41, 5.74) is 2.00. The van der Waals surface area contributed by atoms with Gasteiger partial charge in [0, 0.05) is 24.0 Å². The summed E-state index contributed by atoms with van der Waals surface area (Å²) in [7, 11) is 0. The first kappa shape index (κ1) is 54.0. The first-order valence-electron chi connectivity index (χ1n) is 22.9. The Kier molecular flexibility index (Phi) is 23.5. The van der Waals surface area contributed by atoms with Crippen LogP contribution >= 0.6 is 11.3 Å². The Bertz CT molecular complexity index is 1670. The van der Waals surface area contributed by atoms with Gasteiger partial charge in [0.15, 0.2) is 0 Å². The van der Waals surface area contributed by atoms with Gasteiger partial charge in [-0.15, -0.1) is 11.3 Å². The van der Waals surface area contributed by atoms with Crippen molar-refractivity contribution in [2.75, 3.05) is 118 Å². The summed E-state index contributed by atoms with van der Waals surface area (Å²) in [6, 6.07) is 20.7. The van der Waals surface area contributed by atoms with Gasteiger partial charge in [0.25, 0.3) is 0 Å². The van der Waals surface area contributed by atoms with Gasteiger partial charge in [0.2, 0.25) is 0 Å². The van der Waals surface area contributed by atoms with Crippen LogP contribution in [0.15, 0.2) is 60.7 Å². The van der Waals surface area contributed by atoms with Gasteiger partial charge >= 0.3 is 0 Å². The summed E-state index contributed by atoms with van der Waals surface area (Å²) >= 11 is 1.64. The normalized spacial score (nSPS) is 24.3. The number of quaternary nitrogens is 4. The predicted octanol–water partition coefficient (Wildman–Crippen LogP) is -3.42. The zero-order valence-electron chi connectivity index (χ0n) is 37.1. The number of halogens is 4. The van der Waals surface area contributed by atoms with Crippen LogP contribution in [0.2, 0.25) is 0 Å². The second-order valence-electron chi connectivity index (χ2n) is 18.2. The molecule has 0 amide bonds. The van der Waals surface area contributed by atoms with Crippen LogP contribution in [-0.4, -0.2) is 136 Å². The van der Waals surface area contributed by atoms with E-state index in [9.17, 15) is 0 Å². The highest BCUT2D eigenvalue weighted by Gasteiger charge is 2.49. The van der Waals surface area contributed by atoms with E-state index in [2.05, 4.69) is 98.2 Å². The maximum atomic E-state index is 6.17. The molecule has 0 atom stereocenters. The van der Waals surface area contributed by atoms with E-state index in [-0.39, 0.29) is 67.9 Å². The van der Waals surface area contributed by atoms with E-state index in [1.54, 1.807) is 11.3 Å². The van der Waals surface area contributed by atoms with E-state index < -0.39 is 0 Å². The fourth-order valence-corrected chi connectivity index (χ4v) is 10.9. The van der Waals surface area contributed by atoms with Gasteiger partial charge in [-0.25, -0.2) is 0 Å². The molecule has 0 aliphatic carbocycles. The lowest BCUT2D eigenvalue weighted by Gasteiger charge is -2.55. The van der Waals surface area contributed by atoms with Crippen molar-refractivity contribution >= 4 is 11.3 Å². The van der Waals surface area contributed by atoms with Gasteiger partial charge in [-0.05, 0) is 86.3 Å². The van der Waals surface area contributed by atoms with E-state index in [1.807, 2.05) is 0 Å². The molecule has 0 unspecified atom stereocenters. The summed E-state index contributed by atoms with van der Waals surface area (Å²) < 4.78 is 17.8. The van der Waals surface area contributed by atoms with Crippen LogP contribution in [0.5, 0.6) is 11.5 Å². The SMILES string of the molecule is CCCCCC[N+]12CC[N+](CCCOc3ccc(C#Cc4ccc(C#Cc5ccc(OCCC[N+]67CC[N+](CCCCCC)(CC6)CC7)cc5)s4)cc3)(CC1)CC2.[Br-].[Br-].[Br-].[Br-]. The Balaban J connectivity index is 0.00000248. The summed E-state index contributed by atoms with van der Waals surface area (Å²) in [6.07, 6.45) is 13.4. The number of thiophene rings is 1. The lowest BCUT2D eigenvalue weighted by Crippen LogP contribution is -3.00. The van der Waals surface area contributed by atoms with E-state index >= 15 is 0 Å². The first-order chi connectivity index (χ1) is 27.9. The molecule has 4 bridgehead atoms. The summed E-state index contributed by atoms with van der Waals surface area (Å²) in [5.74, 6) is 15.2. The van der Waals surface area contributed by atoms with E-state index in [0.29, 0.717) is 0 Å². The van der Waals surface area contributed by atoms with E-state index in [0.717, 1.165) is 58.4 Å². The lowest BCUT2D eigenvalue weighted by molar-refractivity contribution is -1.08. The molecule has 7 heterocycles. The molecule has 6 aliphatic rings. The van der Waals surface area contributed by atoms with Crippen LogP contribution in [0.25, 0.3) is 0 Å². The quantitative estimate of drug-likeness (QED) is 0.0669. The van der Waals surface area contributed by atoms with Gasteiger partial charge in [-0.3, -0.25) is 0 Å². The predicted molar refractivity (Wildman–Crippen MR) is 237 cm³/mol. The van der Waals surface area contributed by atoms with Crippen molar-refractivity contribution in [3.63, 3.8) is 0 Å². The number of ether oxygens (including phenoxy) is 2. The standard InChI is InChI=1S/C50H72N4O2S.4BrH/c1-3-5-7-9-27-51-31-37-53(38-32-51,39-33-51)29-11-43-55-47-19-13-45(14-20-47)17-23-49-25-26-50(57-49)24-18-46-15-21-48(22-16-46)56-44-12-30-54-40-34-52(35-41-54,36-42-54)28-10-8-6-4-2;;;;/h13-16,19-22,25-26H,3-12,27-44H2,1-2H3;4*1H/q+4;;;;/p-4. The van der Waals surface area contributed by atoms with Gasteiger partial charge in [-0.1, -0.05) is 63.2 Å². The maximum absolute atomic E-state index is 6.17. The molecule has 1 aromatic heterocycles. The molecule has 6 aliphatic heterocycles. The number of unbranched alkanes of at least 4 members (excludes halogenated alkanes) is 6. The molecular weight excluding hydrogens is 1040 g/mol. The number of fused-ring (bicyclic) bond motifs is 6. The third kappa shape index (κ3) is 15.6. The van der Waals surface area contributed by atoms with Crippen molar-refractivity contribution < 1.29 is 95.3 Å². The number of rotatable bonds is 20. The molecule has 11 heteroatoms. The second kappa shape index (κ2) is 26.5.